The lowest BCUT2D eigenvalue weighted by atomic mass is 10.1. The van der Waals surface area contributed by atoms with Gasteiger partial charge in [-0.25, -0.2) is 8.42 Å². The van der Waals surface area contributed by atoms with Crippen molar-refractivity contribution in [3.8, 4) is 0 Å². The molecule has 0 bridgehead atoms. The molecule has 6 heteroatoms. The molecule has 0 N–H and O–H groups in total. The second-order valence-electron chi connectivity index (χ2n) is 6.80. The third-order valence-corrected chi connectivity index (χ3v) is 6.81. The van der Waals surface area contributed by atoms with E-state index in [9.17, 15) is 13.2 Å². The topological polar surface area (TPSA) is 57.7 Å². The van der Waals surface area contributed by atoms with E-state index in [1.54, 1.807) is 23.1 Å². The van der Waals surface area contributed by atoms with Crippen LogP contribution in [0.2, 0.25) is 0 Å². The van der Waals surface area contributed by atoms with Gasteiger partial charge < -0.3 is 4.90 Å². The minimum atomic E-state index is -3.55. The summed E-state index contributed by atoms with van der Waals surface area (Å²) in [6.07, 6.45) is 2.84. The SMILES string of the molecule is CCN(Cc1ccccc1)C(=O)c1cccc(S(=O)(=O)N2CCCCC2)c1. The second-order valence-corrected chi connectivity index (χ2v) is 8.74. The molecule has 2 aromatic carbocycles. The first-order chi connectivity index (χ1) is 13.0. The van der Waals surface area contributed by atoms with Crippen molar-refractivity contribution in [2.45, 2.75) is 37.6 Å². The van der Waals surface area contributed by atoms with E-state index in [4.69, 9.17) is 0 Å². The van der Waals surface area contributed by atoms with E-state index >= 15 is 0 Å². The summed E-state index contributed by atoms with van der Waals surface area (Å²) >= 11 is 0. The van der Waals surface area contributed by atoms with Crippen molar-refractivity contribution >= 4 is 15.9 Å². The Morgan fingerprint density at radius 3 is 2.37 bits per heavy atom. The van der Waals surface area contributed by atoms with Gasteiger partial charge in [0.15, 0.2) is 0 Å². The maximum absolute atomic E-state index is 13.0. The van der Waals surface area contributed by atoms with Crippen LogP contribution >= 0.6 is 0 Å². The highest BCUT2D eigenvalue weighted by Gasteiger charge is 2.27. The largest absolute Gasteiger partial charge is 0.335 e. The summed E-state index contributed by atoms with van der Waals surface area (Å²) in [5.74, 6) is -0.156. The Balaban J connectivity index is 1.82. The summed E-state index contributed by atoms with van der Waals surface area (Å²) in [7, 11) is -3.55. The van der Waals surface area contributed by atoms with Crippen molar-refractivity contribution in [3.63, 3.8) is 0 Å². The lowest BCUT2D eigenvalue weighted by molar-refractivity contribution is 0.0752. The zero-order valence-corrected chi connectivity index (χ0v) is 16.5. The summed E-state index contributed by atoms with van der Waals surface area (Å²) in [4.78, 5) is 14.9. The zero-order valence-electron chi connectivity index (χ0n) is 15.7. The number of benzene rings is 2. The Bertz CT molecular complexity index is 875. The number of carbonyl (C=O) groups excluding carboxylic acids is 1. The number of piperidine rings is 1. The molecular formula is C21H26N2O3S. The fourth-order valence-electron chi connectivity index (χ4n) is 3.36. The zero-order chi connectivity index (χ0) is 19.3. The van der Waals surface area contributed by atoms with E-state index in [0.29, 0.717) is 31.7 Å². The number of hydrogen-bond donors (Lipinski definition) is 0. The maximum Gasteiger partial charge on any atom is 0.254 e. The molecule has 0 atom stereocenters. The van der Waals surface area contributed by atoms with Gasteiger partial charge in [-0.05, 0) is 43.5 Å². The van der Waals surface area contributed by atoms with Crippen LogP contribution in [0.15, 0.2) is 59.5 Å². The Morgan fingerprint density at radius 1 is 1.00 bits per heavy atom. The fraction of sp³-hybridized carbons (Fsp3) is 0.381. The molecular weight excluding hydrogens is 360 g/mol. The molecule has 144 valence electrons. The molecule has 0 spiro atoms. The number of hydrogen-bond acceptors (Lipinski definition) is 3. The van der Waals surface area contributed by atoms with Gasteiger partial charge in [-0.15, -0.1) is 0 Å². The highest BCUT2D eigenvalue weighted by Crippen LogP contribution is 2.22. The van der Waals surface area contributed by atoms with Gasteiger partial charge in [0.25, 0.3) is 5.91 Å². The van der Waals surface area contributed by atoms with E-state index in [2.05, 4.69) is 0 Å². The van der Waals surface area contributed by atoms with Crippen molar-refractivity contribution in [1.82, 2.24) is 9.21 Å². The molecule has 3 rings (SSSR count). The number of sulfonamides is 1. The first-order valence-electron chi connectivity index (χ1n) is 9.46. The predicted octanol–water partition coefficient (Wildman–Crippen LogP) is 3.52. The van der Waals surface area contributed by atoms with Crippen LogP contribution in [0.25, 0.3) is 0 Å². The molecule has 5 nitrogen and oxygen atoms in total. The average Bonchev–Trinajstić information content (AvgIpc) is 2.73. The summed E-state index contributed by atoms with van der Waals surface area (Å²) in [5.41, 5.74) is 1.45. The summed E-state index contributed by atoms with van der Waals surface area (Å²) in [6, 6.07) is 16.2. The molecule has 1 heterocycles. The molecule has 1 saturated heterocycles. The molecule has 2 aromatic rings. The van der Waals surface area contributed by atoms with Crippen LogP contribution in [0, 0.1) is 0 Å². The third kappa shape index (κ3) is 4.57. The second kappa shape index (κ2) is 8.67. The van der Waals surface area contributed by atoms with Gasteiger partial charge in [0, 0.05) is 31.7 Å². The predicted molar refractivity (Wildman–Crippen MR) is 106 cm³/mol. The maximum atomic E-state index is 13.0. The highest BCUT2D eigenvalue weighted by atomic mass is 32.2. The Morgan fingerprint density at radius 2 is 1.70 bits per heavy atom. The molecule has 1 aliphatic rings. The van der Waals surface area contributed by atoms with Gasteiger partial charge in [0.2, 0.25) is 10.0 Å². The quantitative estimate of drug-likeness (QED) is 0.763. The van der Waals surface area contributed by atoms with E-state index < -0.39 is 10.0 Å². The van der Waals surface area contributed by atoms with Crippen molar-refractivity contribution < 1.29 is 13.2 Å². The first-order valence-corrected chi connectivity index (χ1v) is 10.9. The lowest BCUT2D eigenvalue weighted by Crippen LogP contribution is -2.36. The monoisotopic (exact) mass is 386 g/mol. The normalized spacial score (nSPS) is 15.4. The smallest absolute Gasteiger partial charge is 0.254 e. The van der Waals surface area contributed by atoms with Gasteiger partial charge in [0.1, 0.15) is 0 Å². The molecule has 0 radical (unpaired) electrons. The van der Waals surface area contributed by atoms with Crippen LogP contribution in [0.3, 0.4) is 0 Å². The van der Waals surface area contributed by atoms with Crippen LogP contribution in [0.4, 0.5) is 0 Å². The van der Waals surface area contributed by atoms with E-state index in [0.717, 1.165) is 24.8 Å². The van der Waals surface area contributed by atoms with E-state index in [-0.39, 0.29) is 10.8 Å². The van der Waals surface area contributed by atoms with Gasteiger partial charge in [-0.3, -0.25) is 4.79 Å². The van der Waals surface area contributed by atoms with Gasteiger partial charge in [0.05, 0.1) is 4.90 Å². The van der Waals surface area contributed by atoms with Crippen LogP contribution in [-0.4, -0.2) is 43.2 Å². The van der Waals surface area contributed by atoms with Gasteiger partial charge in [-0.2, -0.15) is 4.31 Å². The third-order valence-electron chi connectivity index (χ3n) is 4.92. The molecule has 1 aliphatic heterocycles. The van der Waals surface area contributed by atoms with Crippen molar-refractivity contribution in [2.75, 3.05) is 19.6 Å². The van der Waals surface area contributed by atoms with Gasteiger partial charge in [-0.1, -0.05) is 42.8 Å². The standard InChI is InChI=1S/C21H26N2O3S/c1-2-22(17-18-10-5-3-6-11-18)21(24)19-12-9-13-20(16-19)27(25,26)23-14-7-4-8-15-23/h3,5-6,9-13,16H,2,4,7-8,14-15,17H2,1H3. The van der Waals surface area contributed by atoms with Crippen LogP contribution in [-0.2, 0) is 16.6 Å². The van der Waals surface area contributed by atoms with Crippen molar-refractivity contribution in [1.29, 1.82) is 0 Å². The number of nitrogens with zero attached hydrogens (tertiary/aromatic N) is 2. The van der Waals surface area contributed by atoms with E-state index in [1.165, 1.54) is 10.4 Å². The molecule has 0 saturated carbocycles. The molecule has 1 amide bonds. The minimum absolute atomic E-state index is 0.156. The van der Waals surface area contributed by atoms with Gasteiger partial charge >= 0.3 is 0 Å². The lowest BCUT2D eigenvalue weighted by Gasteiger charge is -2.26. The summed E-state index contributed by atoms with van der Waals surface area (Å²) in [5, 5.41) is 0. The number of rotatable bonds is 6. The van der Waals surface area contributed by atoms with Crippen LogP contribution in [0.5, 0.6) is 0 Å². The van der Waals surface area contributed by atoms with Crippen molar-refractivity contribution in [3.05, 3.63) is 65.7 Å². The Hall–Kier alpha value is -2.18. The fourth-order valence-corrected chi connectivity index (χ4v) is 4.92. The number of amides is 1. The summed E-state index contributed by atoms with van der Waals surface area (Å²) < 4.78 is 27.3. The number of carbonyl (C=O) groups is 1. The molecule has 0 aliphatic carbocycles. The highest BCUT2D eigenvalue weighted by molar-refractivity contribution is 7.89. The molecule has 0 aromatic heterocycles. The summed E-state index contributed by atoms with van der Waals surface area (Å²) in [6.45, 7) is 4.08. The molecule has 27 heavy (non-hydrogen) atoms. The average molecular weight is 387 g/mol. The van der Waals surface area contributed by atoms with Crippen LogP contribution < -0.4 is 0 Å². The molecule has 0 unspecified atom stereocenters. The van der Waals surface area contributed by atoms with E-state index in [1.807, 2.05) is 37.3 Å². The first kappa shape index (κ1) is 19.6. The van der Waals surface area contributed by atoms with Crippen LogP contribution in [0.1, 0.15) is 42.1 Å². The van der Waals surface area contributed by atoms with Crippen molar-refractivity contribution in [2.24, 2.45) is 0 Å². The Labute approximate surface area is 161 Å². The Kier molecular flexibility index (Phi) is 6.29. The minimum Gasteiger partial charge on any atom is -0.335 e. The molecule has 1 fully saturated rings.